The smallest absolute Gasteiger partial charge is 0.0702 e. The van der Waals surface area contributed by atoms with Gasteiger partial charge in [-0.2, -0.15) is 0 Å². The number of thiophene rings is 1. The van der Waals surface area contributed by atoms with Gasteiger partial charge in [0.25, 0.3) is 0 Å². The van der Waals surface area contributed by atoms with Crippen molar-refractivity contribution in [1.82, 2.24) is 0 Å². The molecule has 0 aliphatic rings. The third-order valence-electron chi connectivity index (χ3n) is 1.43. The summed E-state index contributed by atoms with van der Waals surface area (Å²) in [5, 5.41) is 0. The highest BCUT2D eigenvalue weighted by Gasteiger charge is 2.07. The Hall–Kier alpha value is -0.120. The molecule has 0 bridgehead atoms. The summed E-state index contributed by atoms with van der Waals surface area (Å²) >= 11 is 5.04. The van der Waals surface area contributed by atoms with Crippen molar-refractivity contribution in [2.45, 2.75) is 13.0 Å². The normalized spacial score (nSPS) is 13.0. The molecule has 3 heteroatoms. The van der Waals surface area contributed by atoms with Crippen LogP contribution < -0.4 is 5.73 Å². The minimum absolute atomic E-state index is 0.00806. The van der Waals surface area contributed by atoms with Crippen LogP contribution >= 0.6 is 27.3 Å². The van der Waals surface area contributed by atoms with Gasteiger partial charge < -0.3 is 5.73 Å². The molecule has 0 aliphatic carbocycles. The van der Waals surface area contributed by atoms with Crippen LogP contribution in [0.5, 0.6) is 0 Å². The molecular formula is C8H10BrNS. The molecule has 1 aromatic rings. The second-order valence-corrected chi connectivity index (χ2v) is 4.96. The number of nitrogens with two attached hydrogens (primary N) is 1. The molecular weight excluding hydrogens is 222 g/mol. The Morgan fingerprint density at radius 1 is 1.73 bits per heavy atom. The van der Waals surface area contributed by atoms with Gasteiger partial charge in [-0.15, -0.1) is 11.3 Å². The topological polar surface area (TPSA) is 26.0 Å². The highest BCUT2D eigenvalue weighted by Crippen LogP contribution is 2.28. The minimum atomic E-state index is -0.00806. The molecule has 11 heavy (non-hydrogen) atoms. The first-order valence-corrected chi connectivity index (χ1v) is 4.88. The zero-order valence-corrected chi connectivity index (χ0v) is 8.71. The molecule has 1 heterocycles. The maximum Gasteiger partial charge on any atom is 0.0702 e. The summed E-state index contributed by atoms with van der Waals surface area (Å²) in [4.78, 5) is 1.16. The Morgan fingerprint density at radius 2 is 2.36 bits per heavy atom. The van der Waals surface area contributed by atoms with Crippen molar-refractivity contribution in [3.8, 4) is 0 Å². The summed E-state index contributed by atoms with van der Waals surface area (Å²) in [7, 11) is 0. The highest BCUT2D eigenvalue weighted by molar-refractivity contribution is 9.11. The SMILES string of the molecule is C=C(C)C(N)c1ccc(Br)s1. The molecule has 0 radical (unpaired) electrons. The summed E-state index contributed by atoms with van der Waals surface area (Å²) in [6.45, 7) is 5.75. The maximum absolute atomic E-state index is 5.84. The average Bonchev–Trinajstić information content (AvgIpc) is 2.34. The molecule has 0 spiro atoms. The Balaban J connectivity index is 2.84. The molecule has 1 rings (SSSR count). The van der Waals surface area contributed by atoms with Crippen molar-refractivity contribution < 1.29 is 0 Å². The third kappa shape index (κ3) is 2.15. The Labute approximate surface area is 79.0 Å². The summed E-state index contributed by atoms with van der Waals surface area (Å²) in [6.07, 6.45) is 0. The molecule has 0 amide bonds. The quantitative estimate of drug-likeness (QED) is 0.779. The van der Waals surface area contributed by atoms with Gasteiger partial charge in [-0.3, -0.25) is 0 Å². The lowest BCUT2D eigenvalue weighted by molar-refractivity contribution is 0.871. The number of rotatable bonds is 2. The molecule has 0 saturated carbocycles. The van der Waals surface area contributed by atoms with E-state index in [1.165, 1.54) is 0 Å². The van der Waals surface area contributed by atoms with Crippen LogP contribution in [-0.2, 0) is 0 Å². The predicted octanol–water partition coefficient (Wildman–Crippen LogP) is 3.09. The molecule has 0 aromatic carbocycles. The molecule has 1 nitrogen and oxygen atoms in total. The molecule has 0 fully saturated rings. The van der Waals surface area contributed by atoms with E-state index < -0.39 is 0 Å². The second-order valence-electron chi connectivity index (χ2n) is 2.47. The summed E-state index contributed by atoms with van der Waals surface area (Å²) in [5.74, 6) is 0. The predicted molar refractivity (Wildman–Crippen MR) is 53.8 cm³/mol. The van der Waals surface area contributed by atoms with Crippen LogP contribution in [0.3, 0.4) is 0 Å². The first-order valence-electron chi connectivity index (χ1n) is 3.27. The van der Waals surface area contributed by atoms with Crippen LogP contribution in [0.25, 0.3) is 0 Å². The lowest BCUT2D eigenvalue weighted by Gasteiger charge is -2.07. The van der Waals surface area contributed by atoms with Gasteiger partial charge in [-0.05, 0) is 35.0 Å². The molecule has 1 atom stereocenters. The Kier molecular flexibility index (Phi) is 2.87. The summed E-state index contributed by atoms with van der Waals surface area (Å²) < 4.78 is 1.12. The standard InChI is InChI=1S/C8H10BrNS/c1-5(2)8(10)6-3-4-7(9)11-6/h3-4,8H,1,10H2,2H3. The van der Waals surface area contributed by atoms with Gasteiger partial charge in [-0.25, -0.2) is 0 Å². The van der Waals surface area contributed by atoms with E-state index in [0.29, 0.717) is 0 Å². The van der Waals surface area contributed by atoms with Gasteiger partial charge in [0.1, 0.15) is 0 Å². The van der Waals surface area contributed by atoms with Gasteiger partial charge in [0.2, 0.25) is 0 Å². The van der Waals surface area contributed by atoms with Crippen molar-refractivity contribution in [2.24, 2.45) is 5.73 Å². The zero-order valence-electron chi connectivity index (χ0n) is 6.30. The van der Waals surface area contributed by atoms with E-state index >= 15 is 0 Å². The van der Waals surface area contributed by atoms with Gasteiger partial charge in [0.15, 0.2) is 0 Å². The molecule has 1 aromatic heterocycles. The van der Waals surface area contributed by atoms with Crippen molar-refractivity contribution in [1.29, 1.82) is 0 Å². The monoisotopic (exact) mass is 231 g/mol. The van der Waals surface area contributed by atoms with Gasteiger partial charge >= 0.3 is 0 Å². The molecule has 2 N–H and O–H groups in total. The average molecular weight is 232 g/mol. The van der Waals surface area contributed by atoms with Crippen LogP contribution in [0.2, 0.25) is 0 Å². The highest BCUT2D eigenvalue weighted by atomic mass is 79.9. The van der Waals surface area contributed by atoms with E-state index in [-0.39, 0.29) is 6.04 Å². The minimum Gasteiger partial charge on any atom is -0.320 e. The Bertz CT molecular complexity index is 267. The molecule has 0 aliphatic heterocycles. The first-order chi connectivity index (χ1) is 5.11. The van der Waals surface area contributed by atoms with Gasteiger partial charge in [-0.1, -0.05) is 12.2 Å². The fourth-order valence-electron chi connectivity index (χ4n) is 0.738. The lowest BCUT2D eigenvalue weighted by atomic mass is 10.1. The van der Waals surface area contributed by atoms with Crippen molar-refractivity contribution in [3.63, 3.8) is 0 Å². The van der Waals surface area contributed by atoms with Crippen LogP contribution in [0.15, 0.2) is 28.1 Å². The van der Waals surface area contributed by atoms with E-state index in [0.717, 1.165) is 14.2 Å². The summed E-state index contributed by atoms with van der Waals surface area (Å²) in [6, 6.07) is 4.02. The van der Waals surface area contributed by atoms with Crippen LogP contribution in [-0.4, -0.2) is 0 Å². The lowest BCUT2D eigenvalue weighted by Crippen LogP contribution is -2.08. The third-order valence-corrected chi connectivity index (χ3v) is 3.14. The second kappa shape index (κ2) is 3.52. The van der Waals surface area contributed by atoms with Gasteiger partial charge in [0.05, 0.1) is 9.83 Å². The van der Waals surface area contributed by atoms with E-state index in [9.17, 15) is 0 Å². The fourth-order valence-corrected chi connectivity index (χ4v) is 2.26. The largest absolute Gasteiger partial charge is 0.320 e. The zero-order chi connectivity index (χ0) is 8.43. The van der Waals surface area contributed by atoms with E-state index in [1.807, 2.05) is 19.1 Å². The van der Waals surface area contributed by atoms with Crippen molar-refractivity contribution in [3.05, 3.63) is 32.9 Å². The fraction of sp³-hybridized carbons (Fsp3) is 0.250. The van der Waals surface area contributed by atoms with E-state index in [4.69, 9.17) is 5.73 Å². The number of hydrogen-bond acceptors (Lipinski definition) is 2. The van der Waals surface area contributed by atoms with Crippen molar-refractivity contribution >= 4 is 27.3 Å². The maximum atomic E-state index is 5.84. The van der Waals surface area contributed by atoms with Crippen LogP contribution in [0.4, 0.5) is 0 Å². The molecule has 60 valence electrons. The molecule has 0 saturated heterocycles. The van der Waals surface area contributed by atoms with Gasteiger partial charge in [0, 0.05) is 4.88 Å². The van der Waals surface area contributed by atoms with Crippen LogP contribution in [0.1, 0.15) is 17.8 Å². The summed E-state index contributed by atoms with van der Waals surface area (Å²) in [5.41, 5.74) is 6.84. The number of hydrogen-bond donors (Lipinski definition) is 1. The number of halogens is 1. The Morgan fingerprint density at radius 3 is 2.73 bits per heavy atom. The van der Waals surface area contributed by atoms with E-state index in [1.54, 1.807) is 11.3 Å². The van der Waals surface area contributed by atoms with Crippen LogP contribution in [0, 0.1) is 0 Å². The van der Waals surface area contributed by atoms with Crippen molar-refractivity contribution in [2.75, 3.05) is 0 Å². The van der Waals surface area contributed by atoms with E-state index in [2.05, 4.69) is 22.5 Å². The molecule has 1 unspecified atom stereocenters. The first kappa shape index (κ1) is 8.97.